The lowest BCUT2D eigenvalue weighted by atomic mass is 10.1. The van der Waals surface area contributed by atoms with Gasteiger partial charge in [-0.3, -0.25) is 4.79 Å². The fourth-order valence-electron chi connectivity index (χ4n) is 2.68. The first kappa shape index (κ1) is 15.0. The normalized spacial score (nSPS) is 14.1. The maximum atomic E-state index is 12.2. The van der Waals surface area contributed by atoms with Gasteiger partial charge in [0.05, 0.1) is 23.5 Å². The van der Waals surface area contributed by atoms with E-state index in [1.807, 2.05) is 12.1 Å². The van der Waals surface area contributed by atoms with Gasteiger partial charge in [0.2, 0.25) is 0 Å². The number of aromatic nitrogens is 1. The van der Waals surface area contributed by atoms with Gasteiger partial charge in [0.15, 0.2) is 0 Å². The Kier molecular flexibility index (Phi) is 4.53. The van der Waals surface area contributed by atoms with Gasteiger partial charge in [-0.15, -0.1) is 0 Å². The molecule has 1 fully saturated rings. The SMILES string of the molecule is N#Cc1ccc(NC(=O)c2ccc(N3CCCCC3)cn2)cc1. The number of carbonyl (C=O) groups excluding carboxylic acids is 1. The monoisotopic (exact) mass is 306 g/mol. The molecule has 5 heteroatoms. The summed E-state index contributed by atoms with van der Waals surface area (Å²) >= 11 is 0. The van der Waals surface area contributed by atoms with Crippen LogP contribution in [-0.4, -0.2) is 24.0 Å². The Bertz CT molecular complexity index is 710. The Hall–Kier alpha value is -2.87. The Morgan fingerprint density at radius 1 is 1.09 bits per heavy atom. The standard InChI is InChI=1S/C18H18N4O/c19-12-14-4-6-15(7-5-14)21-18(23)17-9-8-16(13-20-17)22-10-2-1-3-11-22/h4-9,13H,1-3,10-11H2,(H,21,23). The first-order valence-electron chi connectivity index (χ1n) is 7.79. The molecule has 1 saturated heterocycles. The zero-order valence-electron chi connectivity index (χ0n) is 12.8. The van der Waals surface area contributed by atoms with Crippen molar-refractivity contribution in [3.8, 4) is 6.07 Å². The van der Waals surface area contributed by atoms with Gasteiger partial charge >= 0.3 is 0 Å². The molecule has 2 aromatic rings. The second-order valence-corrected chi connectivity index (χ2v) is 5.59. The molecule has 0 unspecified atom stereocenters. The summed E-state index contributed by atoms with van der Waals surface area (Å²) in [7, 11) is 0. The first-order chi connectivity index (χ1) is 11.3. The van der Waals surface area contributed by atoms with Crippen LogP contribution in [0.1, 0.15) is 35.3 Å². The molecule has 0 atom stereocenters. The topological polar surface area (TPSA) is 69.0 Å². The van der Waals surface area contributed by atoms with E-state index in [-0.39, 0.29) is 5.91 Å². The largest absolute Gasteiger partial charge is 0.370 e. The summed E-state index contributed by atoms with van der Waals surface area (Å²) in [4.78, 5) is 18.8. The van der Waals surface area contributed by atoms with Crippen LogP contribution in [0.15, 0.2) is 42.6 Å². The third-order valence-electron chi connectivity index (χ3n) is 3.97. The molecule has 2 heterocycles. The van der Waals surface area contributed by atoms with Gasteiger partial charge in [0, 0.05) is 18.8 Å². The second-order valence-electron chi connectivity index (χ2n) is 5.59. The number of piperidine rings is 1. The molecule has 3 rings (SSSR count). The summed E-state index contributed by atoms with van der Waals surface area (Å²) in [6.07, 6.45) is 5.47. The second kappa shape index (κ2) is 6.93. The van der Waals surface area contributed by atoms with E-state index >= 15 is 0 Å². The van der Waals surface area contributed by atoms with Crippen LogP contribution in [0.2, 0.25) is 0 Å². The number of carbonyl (C=O) groups is 1. The zero-order valence-corrected chi connectivity index (χ0v) is 12.8. The number of rotatable bonds is 3. The molecule has 1 amide bonds. The van der Waals surface area contributed by atoms with Crippen molar-refractivity contribution in [2.24, 2.45) is 0 Å². The van der Waals surface area contributed by atoms with Crippen LogP contribution in [0.5, 0.6) is 0 Å². The van der Waals surface area contributed by atoms with E-state index < -0.39 is 0 Å². The Labute approximate surface area is 135 Å². The predicted octanol–water partition coefficient (Wildman–Crippen LogP) is 3.20. The lowest BCUT2D eigenvalue weighted by Gasteiger charge is -2.28. The Balaban J connectivity index is 1.66. The van der Waals surface area contributed by atoms with Gasteiger partial charge < -0.3 is 10.2 Å². The van der Waals surface area contributed by atoms with Crippen LogP contribution in [0.4, 0.5) is 11.4 Å². The highest BCUT2D eigenvalue weighted by Crippen LogP contribution is 2.19. The molecule has 116 valence electrons. The predicted molar refractivity (Wildman–Crippen MR) is 89.4 cm³/mol. The molecule has 1 aliphatic rings. The number of amides is 1. The highest BCUT2D eigenvalue weighted by Gasteiger charge is 2.13. The van der Waals surface area contributed by atoms with E-state index in [2.05, 4.69) is 15.2 Å². The number of hydrogen-bond acceptors (Lipinski definition) is 4. The zero-order chi connectivity index (χ0) is 16.1. The van der Waals surface area contributed by atoms with Crippen molar-refractivity contribution in [2.45, 2.75) is 19.3 Å². The van der Waals surface area contributed by atoms with Gasteiger partial charge in [-0.1, -0.05) is 0 Å². The van der Waals surface area contributed by atoms with E-state index in [0.717, 1.165) is 18.8 Å². The molecular weight excluding hydrogens is 288 g/mol. The number of anilines is 2. The van der Waals surface area contributed by atoms with Gasteiger partial charge in [-0.05, 0) is 55.7 Å². The first-order valence-corrected chi connectivity index (χ1v) is 7.79. The van der Waals surface area contributed by atoms with Gasteiger partial charge in [0.1, 0.15) is 5.69 Å². The smallest absolute Gasteiger partial charge is 0.274 e. The lowest BCUT2D eigenvalue weighted by Crippen LogP contribution is -2.29. The quantitative estimate of drug-likeness (QED) is 0.945. The molecular formula is C18H18N4O. The van der Waals surface area contributed by atoms with Crippen molar-refractivity contribution in [1.29, 1.82) is 5.26 Å². The minimum atomic E-state index is -0.250. The van der Waals surface area contributed by atoms with E-state index in [4.69, 9.17) is 5.26 Å². The molecule has 0 bridgehead atoms. The molecule has 0 radical (unpaired) electrons. The summed E-state index contributed by atoms with van der Waals surface area (Å²) in [6, 6.07) is 12.5. The van der Waals surface area contributed by atoms with Crippen molar-refractivity contribution in [1.82, 2.24) is 4.98 Å². The highest BCUT2D eigenvalue weighted by atomic mass is 16.1. The maximum Gasteiger partial charge on any atom is 0.274 e. The summed E-state index contributed by atoms with van der Waals surface area (Å²) < 4.78 is 0. The van der Waals surface area contributed by atoms with Crippen LogP contribution in [0.25, 0.3) is 0 Å². The summed E-state index contributed by atoms with van der Waals surface area (Å²) in [6.45, 7) is 2.11. The third-order valence-corrected chi connectivity index (χ3v) is 3.97. The summed E-state index contributed by atoms with van der Waals surface area (Å²) in [5, 5.41) is 11.6. The molecule has 1 aliphatic heterocycles. The molecule has 0 saturated carbocycles. The van der Waals surface area contributed by atoms with E-state index in [1.54, 1.807) is 36.5 Å². The van der Waals surface area contributed by atoms with Crippen LogP contribution >= 0.6 is 0 Å². The summed E-state index contributed by atoms with van der Waals surface area (Å²) in [5.74, 6) is -0.250. The maximum absolute atomic E-state index is 12.2. The average molecular weight is 306 g/mol. The molecule has 1 N–H and O–H groups in total. The number of pyridine rings is 1. The van der Waals surface area contributed by atoms with Crippen molar-refractivity contribution < 1.29 is 4.79 Å². The molecule has 23 heavy (non-hydrogen) atoms. The van der Waals surface area contributed by atoms with Crippen LogP contribution in [-0.2, 0) is 0 Å². The molecule has 0 aliphatic carbocycles. The number of benzene rings is 1. The van der Waals surface area contributed by atoms with Crippen molar-refractivity contribution in [2.75, 3.05) is 23.3 Å². The van der Waals surface area contributed by atoms with Gasteiger partial charge in [-0.25, -0.2) is 4.98 Å². The number of nitriles is 1. The fraction of sp³-hybridized carbons (Fsp3) is 0.278. The minimum absolute atomic E-state index is 0.250. The van der Waals surface area contributed by atoms with Crippen molar-refractivity contribution in [3.63, 3.8) is 0 Å². The summed E-state index contributed by atoms with van der Waals surface area (Å²) in [5.41, 5.74) is 2.66. The van der Waals surface area contributed by atoms with Gasteiger partial charge in [0.25, 0.3) is 5.91 Å². The minimum Gasteiger partial charge on any atom is -0.370 e. The van der Waals surface area contributed by atoms with Crippen LogP contribution in [0.3, 0.4) is 0 Å². The van der Waals surface area contributed by atoms with E-state index in [1.165, 1.54) is 19.3 Å². The van der Waals surface area contributed by atoms with Crippen molar-refractivity contribution in [3.05, 3.63) is 53.9 Å². The third kappa shape index (κ3) is 3.67. The molecule has 1 aromatic heterocycles. The molecule has 0 spiro atoms. The van der Waals surface area contributed by atoms with Gasteiger partial charge in [-0.2, -0.15) is 5.26 Å². The average Bonchev–Trinajstić information content (AvgIpc) is 2.63. The van der Waals surface area contributed by atoms with E-state index in [0.29, 0.717) is 16.9 Å². The molecule has 5 nitrogen and oxygen atoms in total. The number of nitrogens with zero attached hydrogens (tertiary/aromatic N) is 3. The highest BCUT2D eigenvalue weighted by molar-refractivity contribution is 6.02. The number of nitrogens with one attached hydrogen (secondary N) is 1. The van der Waals surface area contributed by atoms with Crippen LogP contribution in [0, 0.1) is 11.3 Å². The Morgan fingerprint density at radius 2 is 1.83 bits per heavy atom. The molecule has 1 aromatic carbocycles. The fourth-order valence-corrected chi connectivity index (χ4v) is 2.68. The number of hydrogen-bond donors (Lipinski definition) is 1. The van der Waals surface area contributed by atoms with Crippen LogP contribution < -0.4 is 10.2 Å². The lowest BCUT2D eigenvalue weighted by molar-refractivity contribution is 0.102. The van der Waals surface area contributed by atoms with E-state index in [9.17, 15) is 4.79 Å². The Morgan fingerprint density at radius 3 is 2.43 bits per heavy atom. The van der Waals surface area contributed by atoms with Crippen molar-refractivity contribution >= 4 is 17.3 Å².